The van der Waals surface area contributed by atoms with Crippen LogP contribution in [0.2, 0.25) is 0 Å². The van der Waals surface area contributed by atoms with Crippen molar-refractivity contribution in [2.45, 2.75) is 19.8 Å². The highest BCUT2D eigenvalue weighted by atomic mass is 32.1. The molecule has 0 radical (unpaired) electrons. The van der Waals surface area contributed by atoms with E-state index in [0.717, 1.165) is 29.0 Å². The topological polar surface area (TPSA) is 60.5 Å². The van der Waals surface area contributed by atoms with Crippen LogP contribution in [0.3, 0.4) is 0 Å². The van der Waals surface area contributed by atoms with E-state index < -0.39 is 11.7 Å². The second kappa shape index (κ2) is 8.84. The van der Waals surface area contributed by atoms with Crippen molar-refractivity contribution in [3.8, 4) is 22.8 Å². The van der Waals surface area contributed by atoms with Crippen LogP contribution in [0, 0.1) is 5.82 Å². The summed E-state index contributed by atoms with van der Waals surface area (Å²) < 4.78 is 24.1. The van der Waals surface area contributed by atoms with Crippen LogP contribution in [-0.2, 0) is 6.42 Å². The largest absolute Gasteiger partial charge is 0.497 e. The summed E-state index contributed by atoms with van der Waals surface area (Å²) in [6, 6.07) is 11.1. The Bertz CT molecular complexity index is 965. The van der Waals surface area contributed by atoms with E-state index in [1.54, 1.807) is 26.4 Å². The van der Waals surface area contributed by atoms with Crippen LogP contribution in [0.5, 0.6) is 11.5 Å². The molecular weight excluding hydrogens is 379 g/mol. The normalized spacial score (nSPS) is 10.6. The highest BCUT2D eigenvalue weighted by Gasteiger charge is 2.17. The number of hydrogen-bond donors (Lipinski definition) is 1. The molecule has 0 fully saturated rings. The average Bonchev–Trinajstić information content (AvgIpc) is 3.10. The monoisotopic (exact) mass is 400 g/mol. The number of carbonyl (C=O) groups is 1. The molecule has 0 unspecified atom stereocenters. The van der Waals surface area contributed by atoms with E-state index in [1.165, 1.54) is 29.5 Å². The molecule has 5 nitrogen and oxygen atoms in total. The predicted octanol–water partition coefficient (Wildman–Crippen LogP) is 5.17. The van der Waals surface area contributed by atoms with Crippen LogP contribution in [0.25, 0.3) is 11.3 Å². The number of ether oxygens (including phenoxy) is 2. The first-order chi connectivity index (χ1) is 13.5. The number of nitrogens with one attached hydrogen (secondary N) is 1. The number of thiazole rings is 1. The summed E-state index contributed by atoms with van der Waals surface area (Å²) in [5.41, 5.74) is 1.87. The van der Waals surface area contributed by atoms with E-state index in [2.05, 4.69) is 17.2 Å². The Morgan fingerprint density at radius 1 is 1.14 bits per heavy atom. The Morgan fingerprint density at radius 3 is 2.46 bits per heavy atom. The zero-order chi connectivity index (χ0) is 20.1. The minimum Gasteiger partial charge on any atom is -0.497 e. The Kier molecular flexibility index (Phi) is 6.26. The van der Waals surface area contributed by atoms with Gasteiger partial charge >= 0.3 is 0 Å². The molecule has 28 heavy (non-hydrogen) atoms. The van der Waals surface area contributed by atoms with Gasteiger partial charge in [-0.1, -0.05) is 19.4 Å². The lowest BCUT2D eigenvalue weighted by Crippen LogP contribution is -2.11. The number of methoxy groups -OCH3 is 2. The van der Waals surface area contributed by atoms with Gasteiger partial charge in [0, 0.05) is 22.1 Å². The van der Waals surface area contributed by atoms with Crippen LogP contribution in [-0.4, -0.2) is 25.1 Å². The Hall–Kier alpha value is -2.93. The number of rotatable bonds is 7. The molecule has 0 atom stereocenters. The van der Waals surface area contributed by atoms with Gasteiger partial charge in [0.1, 0.15) is 17.3 Å². The third kappa shape index (κ3) is 4.48. The molecule has 0 spiro atoms. The number of nitrogens with zero attached hydrogens (tertiary/aromatic N) is 1. The maximum Gasteiger partial charge on any atom is 0.257 e. The van der Waals surface area contributed by atoms with Crippen LogP contribution in [0.1, 0.15) is 28.6 Å². The first kappa shape index (κ1) is 19.8. The molecule has 0 aliphatic carbocycles. The zero-order valence-corrected chi connectivity index (χ0v) is 16.7. The number of amides is 1. The number of halogens is 1. The minimum absolute atomic E-state index is 0.247. The second-order valence-electron chi connectivity index (χ2n) is 6.11. The van der Waals surface area contributed by atoms with E-state index in [9.17, 15) is 9.18 Å². The van der Waals surface area contributed by atoms with Crippen LogP contribution in [0.4, 0.5) is 9.52 Å². The van der Waals surface area contributed by atoms with E-state index in [4.69, 9.17) is 9.47 Å². The standard InChI is InChI=1S/C21H21FN2O3S/c1-4-6-18-19(14-10-16(26-2)12-17(11-14)27-3)23-21(28-18)24-20(25)13-7-5-8-15(22)9-13/h5,7-12H,4,6H2,1-3H3,(H,23,24,25). The lowest BCUT2D eigenvalue weighted by atomic mass is 10.1. The van der Waals surface area contributed by atoms with Gasteiger partial charge in [0.05, 0.1) is 19.9 Å². The van der Waals surface area contributed by atoms with Crippen molar-refractivity contribution >= 4 is 22.4 Å². The number of carbonyl (C=O) groups excluding carboxylic acids is 1. The molecule has 1 amide bonds. The van der Waals surface area contributed by atoms with Crippen molar-refractivity contribution in [1.29, 1.82) is 0 Å². The van der Waals surface area contributed by atoms with E-state index in [0.29, 0.717) is 16.6 Å². The Morgan fingerprint density at radius 2 is 1.86 bits per heavy atom. The summed E-state index contributed by atoms with van der Waals surface area (Å²) in [6.07, 6.45) is 1.76. The fourth-order valence-corrected chi connectivity index (χ4v) is 3.85. The maximum atomic E-state index is 13.4. The quantitative estimate of drug-likeness (QED) is 0.594. The molecule has 0 saturated heterocycles. The molecular formula is C21H21FN2O3S. The van der Waals surface area contributed by atoms with Gasteiger partial charge in [-0.15, -0.1) is 11.3 Å². The molecule has 146 valence electrons. The summed E-state index contributed by atoms with van der Waals surface area (Å²) in [5.74, 6) is 0.471. The summed E-state index contributed by atoms with van der Waals surface area (Å²) >= 11 is 1.41. The molecule has 3 rings (SSSR count). The highest BCUT2D eigenvalue weighted by Crippen LogP contribution is 2.36. The molecule has 1 N–H and O–H groups in total. The molecule has 0 aliphatic heterocycles. The predicted molar refractivity (Wildman–Crippen MR) is 109 cm³/mol. The maximum absolute atomic E-state index is 13.4. The highest BCUT2D eigenvalue weighted by molar-refractivity contribution is 7.16. The van der Waals surface area contributed by atoms with Crippen LogP contribution in [0.15, 0.2) is 42.5 Å². The first-order valence-electron chi connectivity index (χ1n) is 8.84. The number of hydrogen-bond acceptors (Lipinski definition) is 5. The van der Waals surface area contributed by atoms with Gasteiger partial charge in [0.2, 0.25) is 0 Å². The molecule has 1 aromatic heterocycles. The van der Waals surface area contributed by atoms with Crippen LogP contribution >= 0.6 is 11.3 Å². The molecule has 0 aliphatic rings. The fourth-order valence-electron chi connectivity index (χ4n) is 2.77. The minimum atomic E-state index is -0.456. The molecule has 3 aromatic rings. The van der Waals surface area contributed by atoms with Gasteiger partial charge in [0.25, 0.3) is 5.91 Å². The average molecular weight is 400 g/mol. The van der Waals surface area contributed by atoms with Gasteiger partial charge in [-0.2, -0.15) is 0 Å². The van der Waals surface area contributed by atoms with E-state index in [-0.39, 0.29) is 5.56 Å². The SMILES string of the molecule is CCCc1sc(NC(=O)c2cccc(F)c2)nc1-c1cc(OC)cc(OC)c1. The van der Waals surface area contributed by atoms with Crippen molar-refractivity contribution in [3.05, 3.63) is 58.7 Å². The van der Waals surface area contributed by atoms with Gasteiger partial charge in [-0.3, -0.25) is 10.1 Å². The van der Waals surface area contributed by atoms with E-state index >= 15 is 0 Å². The van der Waals surface area contributed by atoms with Crippen molar-refractivity contribution in [3.63, 3.8) is 0 Å². The Labute approximate surface area is 167 Å². The lowest BCUT2D eigenvalue weighted by Gasteiger charge is -2.08. The van der Waals surface area contributed by atoms with Gasteiger partial charge < -0.3 is 9.47 Å². The molecule has 0 bridgehead atoms. The van der Waals surface area contributed by atoms with Gasteiger partial charge in [-0.25, -0.2) is 9.37 Å². The fraction of sp³-hybridized carbons (Fsp3) is 0.238. The molecule has 1 heterocycles. The van der Waals surface area contributed by atoms with Crippen molar-refractivity contribution < 1.29 is 18.7 Å². The third-order valence-corrected chi connectivity index (χ3v) is 5.14. The summed E-state index contributed by atoms with van der Waals surface area (Å²) in [4.78, 5) is 18.1. The first-order valence-corrected chi connectivity index (χ1v) is 9.65. The van der Waals surface area contributed by atoms with Crippen molar-refractivity contribution in [2.75, 3.05) is 19.5 Å². The third-order valence-electron chi connectivity index (χ3n) is 4.11. The van der Waals surface area contributed by atoms with E-state index in [1.807, 2.05) is 12.1 Å². The molecule has 0 saturated carbocycles. The summed E-state index contributed by atoms with van der Waals surface area (Å²) in [7, 11) is 3.19. The molecule has 7 heteroatoms. The zero-order valence-electron chi connectivity index (χ0n) is 15.9. The number of aryl methyl sites for hydroxylation is 1. The molecule has 2 aromatic carbocycles. The number of anilines is 1. The van der Waals surface area contributed by atoms with Crippen molar-refractivity contribution in [1.82, 2.24) is 4.98 Å². The van der Waals surface area contributed by atoms with Gasteiger partial charge in [-0.05, 0) is 36.8 Å². The second-order valence-corrected chi connectivity index (χ2v) is 7.19. The summed E-state index contributed by atoms with van der Waals surface area (Å²) in [5, 5.41) is 3.24. The Balaban J connectivity index is 1.95. The van der Waals surface area contributed by atoms with Crippen molar-refractivity contribution in [2.24, 2.45) is 0 Å². The summed E-state index contributed by atoms with van der Waals surface area (Å²) in [6.45, 7) is 2.08. The van der Waals surface area contributed by atoms with Gasteiger partial charge in [0.15, 0.2) is 5.13 Å². The number of aromatic nitrogens is 1. The van der Waals surface area contributed by atoms with Crippen LogP contribution < -0.4 is 14.8 Å². The number of benzene rings is 2. The lowest BCUT2D eigenvalue weighted by molar-refractivity contribution is 0.102. The smallest absolute Gasteiger partial charge is 0.257 e.